The molecule has 0 aliphatic rings. The van der Waals surface area contributed by atoms with Crippen LogP contribution >= 0.6 is 0 Å². The van der Waals surface area contributed by atoms with Crippen LogP contribution in [0.3, 0.4) is 0 Å². The van der Waals surface area contributed by atoms with Crippen LogP contribution in [-0.4, -0.2) is 41.6 Å². The third-order valence-electron chi connectivity index (χ3n) is 2.58. The maximum absolute atomic E-state index is 11.5. The summed E-state index contributed by atoms with van der Waals surface area (Å²) < 4.78 is 0. The maximum atomic E-state index is 11.5. The summed E-state index contributed by atoms with van der Waals surface area (Å²) in [5.74, 6) is -1.06. The van der Waals surface area contributed by atoms with Crippen molar-refractivity contribution in [3.05, 3.63) is 0 Å². The van der Waals surface area contributed by atoms with E-state index < -0.39 is 12.0 Å². The van der Waals surface area contributed by atoms with Crippen molar-refractivity contribution in [2.45, 2.75) is 33.2 Å². The number of hydrogen-bond acceptors (Lipinski definition) is 2. The maximum Gasteiger partial charge on any atom is 0.326 e. The van der Waals surface area contributed by atoms with E-state index in [1.807, 2.05) is 20.8 Å². The van der Waals surface area contributed by atoms with Crippen molar-refractivity contribution in [2.24, 2.45) is 5.92 Å². The third-order valence-corrected chi connectivity index (χ3v) is 2.58. The molecule has 0 heterocycles. The molecule has 0 aromatic rings. The van der Waals surface area contributed by atoms with Crippen LogP contribution < -0.4 is 5.32 Å². The van der Waals surface area contributed by atoms with E-state index in [2.05, 4.69) is 5.32 Å². The highest BCUT2D eigenvalue weighted by molar-refractivity contribution is 5.82. The molecule has 0 rings (SSSR count). The summed E-state index contributed by atoms with van der Waals surface area (Å²) in [7, 11) is 1.63. The molecule has 0 aromatic carbocycles. The highest BCUT2D eigenvalue weighted by atomic mass is 16.4. The molecule has 2 N–H and O–H groups in total. The fraction of sp³-hybridized carbons (Fsp3) is 0.800. The minimum absolute atomic E-state index is 0.0725. The van der Waals surface area contributed by atoms with Crippen LogP contribution in [0, 0.1) is 5.92 Å². The highest BCUT2D eigenvalue weighted by Gasteiger charge is 2.25. The minimum Gasteiger partial charge on any atom is -0.480 e. The fourth-order valence-electron chi connectivity index (χ4n) is 1.07. The summed E-state index contributed by atoms with van der Waals surface area (Å²) in [5, 5.41) is 11.5. The number of carbonyl (C=O) groups is 2. The number of nitrogens with zero attached hydrogens (tertiary/aromatic N) is 1. The molecule has 2 unspecified atom stereocenters. The molecule has 0 saturated heterocycles. The SMILES string of the molecule is CCC(C)C(NC(=O)N(C)CC)C(=O)O. The van der Waals surface area contributed by atoms with E-state index in [1.165, 1.54) is 4.90 Å². The molecular formula is C10H20N2O3. The largest absolute Gasteiger partial charge is 0.480 e. The van der Waals surface area contributed by atoms with Gasteiger partial charge < -0.3 is 15.3 Å². The Morgan fingerprint density at radius 2 is 1.93 bits per heavy atom. The van der Waals surface area contributed by atoms with Crippen LogP contribution in [0.5, 0.6) is 0 Å². The van der Waals surface area contributed by atoms with Gasteiger partial charge in [0.25, 0.3) is 0 Å². The average Bonchev–Trinajstić information content (AvgIpc) is 2.22. The Bertz CT molecular complexity index is 231. The van der Waals surface area contributed by atoms with Crippen molar-refractivity contribution in [3.8, 4) is 0 Å². The van der Waals surface area contributed by atoms with E-state index in [1.54, 1.807) is 7.05 Å². The second-order valence-corrected chi connectivity index (χ2v) is 3.67. The quantitative estimate of drug-likeness (QED) is 0.724. The Morgan fingerprint density at radius 1 is 1.40 bits per heavy atom. The van der Waals surface area contributed by atoms with Gasteiger partial charge in [-0.3, -0.25) is 0 Å². The van der Waals surface area contributed by atoms with Gasteiger partial charge in [0, 0.05) is 13.6 Å². The van der Waals surface area contributed by atoms with Crippen molar-refractivity contribution < 1.29 is 14.7 Å². The van der Waals surface area contributed by atoms with Gasteiger partial charge in [0.15, 0.2) is 0 Å². The molecule has 5 heteroatoms. The lowest BCUT2D eigenvalue weighted by molar-refractivity contribution is -0.140. The summed E-state index contributed by atoms with van der Waals surface area (Å²) in [6.07, 6.45) is 0.715. The van der Waals surface area contributed by atoms with Crippen molar-refractivity contribution in [2.75, 3.05) is 13.6 Å². The molecule has 0 spiro atoms. The zero-order valence-electron chi connectivity index (χ0n) is 9.78. The standard InChI is InChI=1S/C10H20N2O3/c1-5-7(3)8(9(13)14)11-10(15)12(4)6-2/h7-8H,5-6H2,1-4H3,(H,11,15)(H,13,14). The van der Waals surface area contributed by atoms with Gasteiger partial charge in [-0.2, -0.15) is 0 Å². The number of amides is 2. The van der Waals surface area contributed by atoms with Crippen LogP contribution in [0.2, 0.25) is 0 Å². The lowest BCUT2D eigenvalue weighted by Gasteiger charge is -2.23. The van der Waals surface area contributed by atoms with E-state index in [0.717, 1.165) is 0 Å². The number of urea groups is 1. The molecule has 0 aliphatic carbocycles. The van der Waals surface area contributed by atoms with Gasteiger partial charge in [-0.1, -0.05) is 20.3 Å². The van der Waals surface area contributed by atoms with E-state index in [-0.39, 0.29) is 11.9 Å². The molecule has 2 atom stereocenters. The second-order valence-electron chi connectivity index (χ2n) is 3.67. The van der Waals surface area contributed by atoms with Crippen LogP contribution in [-0.2, 0) is 4.79 Å². The van der Waals surface area contributed by atoms with Crippen molar-refractivity contribution in [1.82, 2.24) is 10.2 Å². The molecule has 88 valence electrons. The van der Waals surface area contributed by atoms with E-state index >= 15 is 0 Å². The number of nitrogens with one attached hydrogen (secondary N) is 1. The molecule has 2 amide bonds. The van der Waals surface area contributed by atoms with Crippen LogP contribution in [0.1, 0.15) is 27.2 Å². The van der Waals surface area contributed by atoms with Gasteiger partial charge in [0.1, 0.15) is 6.04 Å². The average molecular weight is 216 g/mol. The Morgan fingerprint density at radius 3 is 2.27 bits per heavy atom. The molecule has 0 fully saturated rings. The molecule has 0 aromatic heterocycles. The molecule has 0 bridgehead atoms. The number of carboxylic acid groups (broad SMARTS) is 1. The first kappa shape index (κ1) is 13.7. The summed E-state index contributed by atoms with van der Waals surface area (Å²) in [4.78, 5) is 23.8. The van der Waals surface area contributed by atoms with Gasteiger partial charge in [-0.05, 0) is 12.8 Å². The van der Waals surface area contributed by atoms with Gasteiger partial charge in [0.2, 0.25) is 0 Å². The highest BCUT2D eigenvalue weighted by Crippen LogP contribution is 2.08. The van der Waals surface area contributed by atoms with Crippen molar-refractivity contribution in [3.63, 3.8) is 0 Å². The lowest BCUT2D eigenvalue weighted by Crippen LogP contribution is -2.49. The first-order chi connectivity index (χ1) is 6.93. The van der Waals surface area contributed by atoms with Crippen molar-refractivity contribution >= 4 is 12.0 Å². The van der Waals surface area contributed by atoms with E-state index in [4.69, 9.17) is 5.11 Å². The molecule has 0 saturated carbocycles. The minimum atomic E-state index is -0.984. The summed E-state index contributed by atoms with van der Waals surface area (Å²) in [6.45, 7) is 6.10. The van der Waals surface area contributed by atoms with Crippen molar-refractivity contribution in [1.29, 1.82) is 0 Å². The van der Waals surface area contributed by atoms with E-state index in [9.17, 15) is 9.59 Å². The molecule has 15 heavy (non-hydrogen) atoms. The Hall–Kier alpha value is -1.26. The van der Waals surface area contributed by atoms with Gasteiger partial charge >= 0.3 is 12.0 Å². The lowest BCUT2D eigenvalue weighted by atomic mass is 9.99. The Balaban J connectivity index is 4.42. The number of aliphatic carboxylic acids is 1. The van der Waals surface area contributed by atoms with Gasteiger partial charge in [-0.25, -0.2) is 9.59 Å². The third kappa shape index (κ3) is 4.18. The van der Waals surface area contributed by atoms with Gasteiger partial charge in [0.05, 0.1) is 0 Å². The Labute approximate surface area is 90.5 Å². The first-order valence-electron chi connectivity index (χ1n) is 5.18. The number of hydrogen-bond donors (Lipinski definition) is 2. The number of carbonyl (C=O) groups excluding carboxylic acids is 1. The molecule has 0 aliphatic heterocycles. The zero-order valence-corrected chi connectivity index (χ0v) is 9.78. The topological polar surface area (TPSA) is 69.6 Å². The van der Waals surface area contributed by atoms with Gasteiger partial charge in [-0.15, -0.1) is 0 Å². The predicted molar refractivity (Wildman–Crippen MR) is 57.7 cm³/mol. The monoisotopic (exact) mass is 216 g/mol. The van der Waals surface area contributed by atoms with Crippen LogP contribution in [0.25, 0.3) is 0 Å². The zero-order chi connectivity index (χ0) is 12.0. The summed E-state index contributed by atoms with van der Waals surface area (Å²) >= 11 is 0. The van der Waals surface area contributed by atoms with Crippen LogP contribution in [0.4, 0.5) is 4.79 Å². The first-order valence-corrected chi connectivity index (χ1v) is 5.18. The summed E-state index contributed by atoms with van der Waals surface area (Å²) in [6, 6.07) is -1.15. The molecular weight excluding hydrogens is 196 g/mol. The fourth-order valence-corrected chi connectivity index (χ4v) is 1.07. The Kier molecular flexibility index (Phi) is 5.74. The number of carboxylic acids is 1. The number of rotatable bonds is 5. The molecule has 5 nitrogen and oxygen atoms in total. The smallest absolute Gasteiger partial charge is 0.326 e. The predicted octanol–water partition coefficient (Wildman–Crippen LogP) is 1.15. The summed E-state index contributed by atoms with van der Waals surface area (Å²) in [5.41, 5.74) is 0. The normalized spacial score (nSPS) is 14.1. The second kappa shape index (κ2) is 6.27. The molecule has 0 radical (unpaired) electrons. The van der Waals surface area contributed by atoms with E-state index in [0.29, 0.717) is 13.0 Å². The van der Waals surface area contributed by atoms with Crippen LogP contribution in [0.15, 0.2) is 0 Å².